The van der Waals surface area contributed by atoms with E-state index in [2.05, 4.69) is 19.1 Å². The standard InChI is InChI=1S/C25H45NO6/c1-2-3-4-5-6-7-8-9-10-11-12-13-14-15-19-26(20-16-23(27)28,21-17-24(29)30)22-18-25(31)32/h12-13H,2-11,14-22H2,1H3,(H2-,27,28,29,30,31,32)/p+1/b13-12+. The number of allylic oxidation sites excluding steroid dienone is 2. The van der Waals surface area contributed by atoms with Crippen molar-refractivity contribution in [3.8, 4) is 0 Å². The maximum absolute atomic E-state index is 11.1. The monoisotopic (exact) mass is 456 g/mol. The zero-order valence-corrected chi connectivity index (χ0v) is 20.1. The van der Waals surface area contributed by atoms with E-state index < -0.39 is 17.9 Å². The first kappa shape index (κ1) is 30.1. The number of hydrogen-bond acceptors (Lipinski definition) is 3. The number of rotatable bonds is 23. The number of carbonyl (C=O) groups is 3. The van der Waals surface area contributed by atoms with Gasteiger partial charge in [-0.25, -0.2) is 0 Å². The van der Waals surface area contributed by atoms with Crippen molar-refractivity contribution in [1.82, 2.24) is 0 Å². The van der Waals surface area contributed by atoms with Crippen molar-refractivity contribution in [2.45, 2.75) is 103 Å². The van der Waals surface area contributed by atoms with Gasteiger partial charge >= 0.3 is 17.9 Å². The predicted octanol–water partition coefficient (Wildman–Crippen LogP) is 5.48. The Morgan fingerprint density at radius 3 is 1.34 bits per heavy atom. The fourth-order valence-electron chi connectivity index (χ4n) is 4.02. The molecule has 0 heterocycles. The zero-order valence-electron chi connectivity index (χ0n) is 20.1. The molecule has 0 radical (unpaired) electrons. The molecule has 32 heavy (non-hydrogen) atoms. The van der Waals surface area contributed by atoms with Crippen LogP contribution in [0.2, 0.25) is 0 Å². The molecule has 7 nitrogen and oxygen atoms in total. The van der Waals surface area contributed by atoms with Gasteiger partial charge in [-0.15, -0.1) is 0 Å². The van der Waals surface area contributed by atoms with Crippen LogP contribution >= 0.6 is 0 Å². The minimum Gasteiger partial charge on any atom is -0.481 e. The number of aliphatic carboxylic acids is 3. The summed E-state index contributed by atoms with van der Waals surface area (Å²) < 4.78 is 0.233. The minimum absolute atomic E-state index is 0.0896. The molecular weight excluding hydrogens is 410 g/mol. The van der Waals surface area contributed by atoms with Gasteiger partial charge in [0.05, 0.1) is 45.4 Å². The summed E-state index contributed by atoms with van der Waals surface area (Å²) in [5.74, 6) is -2.84. The van der Waals surface area contributed by atoms with Gasteiger partial charge in [0.15, 0.2) is 0 Å². The van der Waals surface area contributed by atoms with E-state index in [0.29, 0.717) is 6.54 Å². The summed E-state index contributed by atoms with van der Waals surface area (Å²) >= 11 is 0. The average molecular weight is 457 g/mol. The third-order valence-electron chi connectivity index (χ3n) is 6.04. The maximum Gasteiger partial charge on any atom is 0.309 e. The number of quaternary nitrogens is 1. The van der Waals surface area contributed by atoms with Crippen molar-refractivity contribution in [3.05, 3.63) is 12.2 Å². The Balaban J connectivity index is 4.29. The van der Waals surface area contributed by atoms with Crippen molar-refractivity contribution in [3.63, 3.8) is 0 Å². The van der Waals surface area contributed by atoms with Crippen LogP contribution in [0.15, 0.2) is 12.2 Å². The van der Waals surface area contributed by atoms with Crippen molar-refractivity contribution in [2.75, 3.05) is 26.2 Å². The second-order valence-corrected chi connectivity index (χ2v) is 8.90. The van der Waals surface area contributed by atoms with Gasteiger partial charge in [0.1, 0.15) is 0 Å². The van der Waals surface area contributed by atoms with Crippen molar-refractivity contribution >= 4 is 17.9 Å². The molecule has 0 aliphatic heterocycles. The second kappa shape index (κ2) is 19.8. The highest BCUT2D eigenvalue weighted by molar-refractivity contribution is 5.67. The van der Waals surface area contributed by atoms with Gasteiger partial charge in [0.25, 0.3) is 0 Å². The van der Waals surface area contributed by atoms with E-state index in [-0.39, 0.29) is 43.4 Å². The van der Waals surface area contributed by atoms with E-state index in [1.807, 2.05) is 0 Å². The molecule has 0 spiro atoms. The Hall–Kier alpha value is -1.89. The van der Waals surface area contributed by atoms with Gasteiger partial charge in [-0.05, 0) is 19.3 Å². The molecule has 0 atom stereocenters. The van der Waals surface area contributed by atoms with Crippen molar-refractivity contribution in [1.29, 1.82) is 0 Å². The van der Waals surface area contributed by atoms with Crippen LogP contribution in [0, 0.1) is 0 Å². The van der Waals surface area contributed by atoms with Crippen molar-refractivity contribution in [2.24, 2.45) is 0 Å². The summed E-state index contributed by atoms with van der Waals surface area (Å²) in [5.41, 5.74) is 0. The molecule has 0 unspecified atom stereocenters. The molecule has 0 aliphatic carbocycles. The lowest BCUT2D eigenvalue weighted by Crippen LogP contribution is -2.52. The molecule has 0 aromatic heterocycles. The topological polar surface area (TPSA) is 112 Å². The zero-order chi connectivity index (χ0) is 24.1. The lowest BCUT2D eigenvalue weighted by atomic mass is 10.1. The highest BCUT2D eigenvalue weighted by Gasteiger charge is 2.29. The van der Waals surface area contributed by atoms with Crippen LogP contribution in [-0.2, 0) is 14.4 Å². The minimum atomic E-state index is -0.945. The first-order chi connectivity index (χ1) is 15.3. The molecule has 3 N–H and O–H groups in total. The van der Waals surface area contributed by atoms with E-state index in [9.17, 15) is 14.4 Å². The van der Waals surface area contributed by atoms with Crippen molar-refractivity contribution < 1.29 is 34.2 Å². The van der Waals surface area contributed by atoms with Gasteiger partial charge < -0.3 is 19.8 Å². The Morgan fingerprint density at radius 2 is 0.938 bits per heavy atom. The normalized spacial score (nSPS) is 11.8. The first-order valence-electron chi connectivity index (χ1n) is 12.5. The third kappa shape index (κ3) is 18.8. The fourth-order valence-corrected chi connectivity index (χ4v) is 4.02. The third-order valence-corrected chi connectivity index (χ3v) is 6.04. The van der Waals surface area contributed by atoms with Crippen LogP contribution in [0.5, 0.6) is 0 Å². The van der Waals surface area contributed by atoms with Gasteiger partial charge in [0, 0.05) is 6.42 Å². The molecule has 7 heteroatoms. The lowest BCUT2D eigenvalue weighted by molar-refractivity contribution is -0.927. The summed E-state index contributed by atoms with van der Waals surface area (Å²) in [5, 5.41) is 27.2. The van der Waals surface area contributed by atoms with Crippen LogP contribution < -0.4 is 0 Å². The summed E-state index contributed by atoms with van der Waals surface area (Å²) in [6, 6.07) is 0. The molecule has 0 rings (SSSR count). The van der Waals surface area contributed by atoms with Crippen LogP contribution in [0.1, 0.15) is 103 Å². The summed E-state index contributed by atoms with van der Waals surface area (Å²) in [7, 11) is 0. The second-order valence-electron chi connectivity index (χ2n) is 8.90. The van der Waals surface area contributed by atoms with Gasteiger partial charge in [-0.2, -0.15) is 0 Å². The Labute approximate surface area is 194 Å². The Kier molecular flexibility index (Phi) is 18.6. The SMILES string of the molecule is CCCCCCCCCCC/C=C/CCC[N+](CCC(=O)O)(CCC(=O)O)CCC(=O)O. The number of carboxylic acid groups (broad SMARTS) is 3. The Morgan fingerprint density at radius 1 is 0.562 bits per heavy atom. The molecule has 0 bridgehead atoms. The lowest BCUT2D eigenvalue weighted by Gasteiger charge is -2.38. The number of unbranched alkanes of at least 4 members (excludes halogenated alkanes) is 10. The smallest absolute Gasteiger partial charge is 0.309 e. The summed E-state index contributed by atoms with van der Waals surface area (Å²) in [6.45, 7) is 3.62. The number of carboxylic acids is 3. The highest BCUT2D eigenvalue weighted by Crippen LogP contribution is 2.15. The van der Waals surface area contributed by atoms with E-state index >= 15 is 0 Å². The molecule has 0 aliphatic rings. The predicted molar refractivity (Wildman–Crippen MR) is 127 cm³/mol. The quantitative estimate of drug-likeness (QED) is 0.107. The van der Waals surface area contributed by atoms with Gasteiger partial charge in [-0.1, -0.05) is 70.4 Å². The summed E-state index contributed by atoms with van der Waals surface area (Å²) in [6.07, 6.45) is 18.6. The van der Waals surface area contributed by atoms with Crippen LogP contribution in [0.4, 0.5) is 0 Å². The molecule has 0 amide bonds. The van der Waals surface area contributed by atoms with E-state index in [0.717, 1.165) is 19.3 Å². The van der Waals surface area contributed by atoms with Gasteiger partial charge in [-0.3, -0.25) is 14.4 Å². The van der Waals surface area contributed by atoms with Gasteiger partial charge in [0.2, 0.25) is 0 Å². The molecule has 186 valence electrons. The molecule has 0 saturated carbocycles. The number of nitrogens with zero attached hydrogens (tertiary/aromatic N) is 1. The molecule has 0 aromatic rings. The van der Waals surface area contributed by atoms with Crippen LogP contribution in [-0.4, -0.2) is 63.9 Å². The van der Waals surface area contributed by atoms with E-state index in [1.54, 1.807) is 0 Å². The highest BCUT2D eigenvalue weighted by atomic mass is 16.4. The maximum atomic E-state index is 11.1. The molecule has 0 aromatic carbocycles. The number of hydrogen-bond donors (Lipinski definition) is 3. The van der Waals surface area contributed by atoms with Crippen LogP contribution in [0.3, 0.4) is 0 Å². The Bertz CT molecular complexity index is 501. The average Bonchev–Trinajstić information content (AvgIpc) is 2.74. The van der Waals surface area contributed by atoms with E-state index in [1.165, 1.54) is 57.8 Å². The fraction of sp³-hybridized carbons (Fsp3) is 0.800. The molecular formula is C25H46NO6+. The largest absolute Gasteiger partial charge is 0.481 e. The van der Waals surface area contributed by atoms with E-state index in [4.69, 9.17) is 15.3 Å². The van der Waals surface area contributed by atoms with Crippen LogP contribution in [0.25, 0.3) is 0 Å². The molecule has 0 fully saturated rings. The first-order valence-corrected chi connectivity index (χ1v) is 12.5. The summed E-state index contributed by atoms with van der Waals surface area (Å²) in [4.78, 5) is 33.2. The molecule has 0 saturated heterocycles.